The predicted octanol–water partition coefficient (Wildman–Crippen LogP) is 2.32. The monoisotopic (exact) mass is 227 g/mol. The number of carbonyl (C=O) groups excluding carboxylic acids is 1. The zero-order chi connectivity index (χ0) is 12.1. The molecule has 2 aromatic carbocycles. The summed E-state index contributed by atoms with van der Waals surface area (Å²) in [6.07, 6.45) is 0. The molecule has 2 rings (SSSR count). The second-order valence-corrected chi connectivity index (χ2v) is 3.72. The molecule has 3 nitrogen and oxygen atoms in total. The Morgan fingerprint density at radius 2 is 1.82 bits per heavy atom. The van der Waals surface area contributed by atoms with Gasteiger partial charge in [-0.15, -0.1) is 0 Å². The SMILES string of the molecule is O=C(NCc1cccc(O)c1)c1ccccc1. The molecule has 0 atom stereocenters. The molecule has 0 bridgehead atoms. The molecule has 0 aliphatic rings. The molecule has 0 fully saturated rings. The summed E-state index contributed by atoms with van der Waals surface area (Å²) in [6.45, 7) is 0.405. The van der Waals surface area contributed by atoms with Crippen LogP contribution in [0.15, 0.2) is 54.6 Å². The Hall–Kier alpha value is -2.29. The number of nitrogens with one attached hydrogen (secondary N) is 1. The molecule has 0 spiro atoms. The van der Waals surface area contributed by atoms with Crippen molar-refractivity contribution in [3.63, 3.8) is 0 Å². The van der Waals surface area contributed by atoms with E-state index in [2.05, 4.69) is 5.32 Å². The number of amides is 1. The molecule has 0 aliphatic carbocycles. The molecular weight excluding hydrogens is 214 g/mol. The largest absolute Gasteiger partial charge is 0.508 e. The third-order valence-electron chi connectivity index (χ3n) is 2.40. The maximum Gasteiger partial charge on any atom is 0.251 e. The van der Waals surface area contributed by atoms with Crippen LogP contribution in [0.1, 0.15) is 15.9 Å². The summed E-state index contributed by atoms with van der Waals surface area (Å²) >= 11 is 0. The molecule has 2 N–H and O–H groups in total. The molecule has 0 aliphatic heterocycles. The van der Waals surface area contributed by atoms with E-state index in [1.54, 1.807) is 30.3 Å². The van der Waals surface area contributed by atoms with Gasteiger partial charge in [-0.25, -0.2) is 0 Å². The minimum atomic E-state index is -0.117. The van der Waals surface area contributed by atoms with Crippen molar-refractivity contribution < 1.29 is 9.90 Å². The third kappa shape index (κ3) is 3.08. The van der Waals surface area contributed by atoms with E-state index in [4.69, 9.17) is 0 Å². The second kappa shape index (κ2) is 5.16. The number of rotatable bonds is 3. The topological polar surface area (TPSA) is 49.3 Å². The van der Waals surface area contributed by atoms with Crippen LogP contribution in [0.5, 0.6) is 5.75 Å². The van der Waals surface area contributed by atoms with Crippen molar-refractivity contribution in [1.82, 2.24) is 5.32 Å². The van der Waals surface area contributed by atoms with Crippen LogP contribution in [0, 0.1) is 0 Å². The van der Waals surface area contributed by atoms with Gasteiger partial charge in [0.25, 0.3) is 5.91 Å². The van der Waals surface area contributed by atoms with E-state index in [0.29, 0.717) is 12.1 Å². The van der Waals surface area contributed by atoms with Crippen molar-refractivity contribution in [2.24, 2.45) is 0 Å². The molecule has 0 saturated heterocycles. The number of carbonyl (C=O) groups is 1. The van der Waals surface area contributed by atoms with Gasteiger partial charge in [0.15, 0.2) is 0 Å². The van der Waals surface area contributed by atoms with Crippen molar-refractivity contribution in [2.45, 2.75) is 6.54 Å². The smallest absolute Gasteiger partial charge is 0.251 e. The summed E-state index contributed by atoms with van der Waals surface area (Å²) in [4.78, 5) is 11.7. The van der Waals surface area contributed by atoms with Crippen LogP contribution in [0.25, 0.3) is 0 Å². The lowest BCUT2D eigenvalue weighted by Crippen LogP contribution is -2.22. The van der Waals surface area contributed by atoms with Crippen LogP contribution >= 0.6 is 0 Å². The van der Waals surface area contributed by atoms with E-state index in [1.165, 1.54) is 0 Å². The van der Waals surface area contributed by atoms with Crippen LogP contribution in [0.4, 0.5) is 0 Å². The molecule has 0 radical (unpaired) electrons. The molecule has 0 aromatic heterocycles. The Morgan fingerprint density at radius 3 is 2.53 bits per heavy atom. The number of benzene rings is 2. The number of hydrogen-bond donors (Lipinski definition) is 2. The minimum absolute atomic E-state index is 0.117. The van der Waals surface area contributed by atoms with Crippen LogP contribution in [-0.4, -0.2) is 11.0 Å². The van der Waals surface area contributed by atoms with E-state index in [9.17, 15) is 9.90 Å². The highest BCUT2D eigenvalue weighted by Crippen LogP contribution is 2.10. The fraction of sp³-hybridized carbons (Fsp3) is 0.0714. The number of aromatic hydroxyl groups is 1. The summed E-state index contributed by atoms with van der Waals surface area (Å²) in [7, 11) is 0. The summed E-state index contributed by atoms with van der Waals surface area (Å²) in [5, 5.41) is 12.1. The average Bonchev–Trinajstić information content (AvgIpc) is 2.37. The van der Waals surface area contributed by atoms with Gasteiger partial charge in [0.2, 0.25) is 0 Å². The summed E-state index contributed by atoms with van der Waals surface area (Å²) < 4.78 is 0. The van der Waals surface area contributed by atoms with Gasteiger partial charge in [-0.05, 0) is 29.8 Å². The lowest BCUT2D eigenvalue weighted by molar-refractivity contribution is 0.0951. The van der Waals surface area contributed by atoms with E-state index >= 15 is 0 Å². The fourth-order valence-electron chi connectivity index (χ4n) is 1.54. The zero-order valence-electron chi connectivity index (χ0n) is 9.26. The average molecular weight is 227 g/mol. The van der Waals surface area contributed by atoms with Gasteiger partial charge in [-0.3, -0.25) is 4.79 Å². The highest BCUT2D eigenvalue weighted by molar-refractivity contribution is 5.94. The molecule has 0 heterocycles. The maximum atomic E-state index is 11.7. The Morgan fingerprint density at radius 1 is 1.06 bits per heavy atom. The molecule has 3 heteroatoms. The maximum absolute atomic E-state index is 11.7. The first-order valence-electron chi connectivity index (χ1n) is 5.37. The van der Waals surface area contributed by atoms with E-state index in [-0.39, 0.29) is 11.7 Å². The van der Waals surface area contributed by atoms with Gasteiger partial charge in [-0.1, -0.05) is 30.3 Å². The Balaban J connectivity index is 1.97. The number of hydrogen-bond acceptors (Lipinski definition) is 2. The fourth-order valence-corrected chi connectivity index (χ4v) is 1.54. The quantitative estimate of drug-likeness (QED) is 0.845. The molecule has 86 valence electrons. The summed E-state index contributed by atoms with van der Waals surface area (Å²) in [6, 6.07) is 15.9. The van der Waals surface area contributed by atoms with Gasteiger partial charge in [0.1, 0.15) is 5.75 Å². The second-order valence-electron chi connectivity index (χ2n) is 3.72. The van der Waals surface area contributed by atoms with Crippen LogP contribution < -0.4 is 5.32 Å². The van der Waals surface area contributed by atoms with Gasteiger partial charge in [0.05, 0.1) is 0 Å². The van der Waals surface area contributed by atoms with E-state index < -0.39 is 0 Å². The van der Waals surface area contributed by atoms with Crippen molar-refractivity contribution >= 4 is 5.91 Å². The predicted molar refractivity (Wildman–Crippen MR) is 65.7 cm³/mol. The molecule has 0 unspecified atom stereocenters. The van der Waals surface area contributed by atoms with Crippen molar-refractivity contribution in [2.75, 3.05) is 0 Å². The highest BCUT2D eigenvalue weighted by atomic mass is 16.3. The number of phenolic OH excluding ortho intramolecular Hbond substituents is 1. The van der Waals surface area contributed by atoms with Crippen molar-refractivity contribution in [3.05, 3.63) is 65.7 Å². The van der Waals surface area contributed by atoms with Crippen LogP contribution in [0.3, 0.4) is 0 Å². The van der Waals surface area contributed by atoms with Crippen LogP contribution in [0.2, 0.25) is 0 Å². The first kappa shape index (κ1) is 11.2. The number of phenols is 1. The van der Waals surface area contributed by atoms with Gasteiger partial charge in [0, 0.05) is 12.1 Å². The van der Waals surface area contributed by atoms with Gasteiger partial charge in [-0.2, -0.15) is 0 Å². The summed E-state index contributed by atoms with van der Waals surface area (Å²) in [5.74, 6) is 0.0883. The molecule has 0 saturated carbocycles. The molecule has 2 aromatic rings. The standard InChI is InChI=1S/C14H13NO2/c16-13-8-4-5-11(9-13)10-15-14(17)12-6-2-1-3-7-12/h1-9,16H,10H2,(H,15,17). The Kier molecular flexibility index (Phi) is 3.40. The molecular formula is C14H13NO2. The minimum Gasteiger partial charge on any atom is -0.508 e. The first-order valence-corrected chi connectivity index (χ1v) is 5.37. The molecule has 17 heavy (non-hydrogen) atoms. The van der Waals surface area contributed by atoms with Crippen molar-refractivity contribution in [3.8, 4) is 5.75 Å². The Bertz CT molecular complexity index is 509. The lowest BCUT2D eigenvalue weighted by Gasteiger charge is -2.05. The van der Waals surface area contributed by atoms with Crippen LogP contribution in [-0.2, 0) is 6.54 Å². The normalized spacial score (nSPS) is 9.88. The zero-order valence-corrected chi connectivity index (χ0v) is 9.26. The first-order chi connectivity index (χ1) is 8.25. The lowest BCUT2D eigenvalue weighted by atomic mass is 10.2. The van der Waals surface area contributed by atoms with Gasteiger partial charge < -0.3 is 10.4 Å². The molecule has 1 amide bonds. The summed E-state index contributed by atoms with van der Waals surface area (Å²) in [5.41, 5.74) is 1.50. The highest BCUT2D eigenvalue weighted by Gasteiger charge is 2.03. The van der Waals surface area contributed by atoms with Gasteiger partial charge >= 0.3 is 0 Å². The third-order valence-corrected chi connectivity index (χ3v) is 2.40. The van der Waals surface area contributed by atoms with E-state index in [1.807, 2.05) is 24.3 Å². The van der Waals surface area contributed by atoms with E-state index in [0.717, 1.165) is 5.56 Å². The van der Waals surface area contributed by atoms with Crippen molar-refractivity contribution in [1.29, 1.82) is 0 Å². The Labute approximate surface area is 99.7 Å².